The van der Waals surface area contributed by atoms with Gasteiger partial charge in [0, 0.05) is 37.0 Å². The number of ether oxygens (including phenoxy) is 1. The molecule has 2 N–H and O–H groups in total. The van der Waals surface area contributed by atoms with Crippen molar-refractivity contribution in [1.29, 1.82) is 5.26 Å². The minimum atomic E-state index is -4.92. The maximum Gasteiger partial charge on any atom is 0.417 e. The van der Waals surface area contributed by atoms with Crippen molar-refractivity contribution in [3.05, 3.63) is 53.9 Å². The Morgan fingerprint density at radius 1 is 1.27 bits per heavy atom. The van der Waals surface area contributed by atoms with Crippen molar-refractivity contribution >= 4 is 49.1 Å². The number of anilines is 2. The van der Waals surface area contributed by atoms with Gasteiger partial charge in [-0.15, -0.1) is 11.3 Å². The maximum atomic E-state index is 15.5. The number of aromatic nitrogens is 2. The van der Waals surface area contributed by atoms with Crippen LogP contribution in [0.3, 0.4) is 0 Å². The highest BCUT2D eigenvalue weighted by atomic mass is 32.1. The molecule has 0 bridgehead atoms. The van der Waals surface area contributed by atoms with Gasteiger partial charge in [0.05, 0.1) is 33.9 Å². The smallest absolute Gasteiger partial charge is 0.417 e. The lowest BCUT2D eigenvalue weighted by Crippen LogP contribution is -2.40. The van der Waals surface area contributed by atoms with Crippen LogP contribution >= 0.6 is 11.3 Å². The normalized spacial score (nSPS) is 21.8. The highest BCUT2D eigenvalue weighted by Crippen LogP contribution is 2.54. The van der Waals surface area contributed by atoms with Gasteiger partial charge >= 0.3 is 12.2 Å². The van der Waals surface area contributed by atoms with Gasteiger partial charge in [0.2, 0.25) is 5.91 Å². The van der Waals surface area contributed by atoms with Gasteiger partial charge in [-0.2, -0.15) is 28.4 Å². The molecule has 1 aliphatic carbocycles. The van der Waals surface area contributed by atoms with E-state index in [1.807, 2.05) is 13.1 Å². The van der Waals surface area contributed by atoms with Crippen LogP contribution in [0.15, 0.2) is 36.9 Å². The summed E-state index contributed by atoms with van der Waals surface area (Å²) in [6.45, 7) is 4.38. The lowest BCUT2D eigenvalue weighted by atomic mass is 9.93. The summed E-state index contributed by atoms with van der Waals surface area (Å²) in [4.78, 5) is 26.3. The van der Waals surface area contributed by atoms with E-state index >= 15 is 4.39 Å². The fourth-order valence-electron chi connectivity index (χ4n) is 7.31. The molecular formula is C34H32F5N7O2S. The second-order valence-corrected chi connectivity index (χ2v) is 14.3. The number of fused-ring (bicyclic) bond motifs is 2. The molecule has 0 radical (unpaired) electrons. The molecule has 1 amide bonds. The van der Waals surface area contributed by atoms with Crippen LogP contribution in [-0.2, 0) is 11.0 Å². The van der Waals surface area contributed by atoms with E-state index < -0.39 is 35.7 Å². The van der Waals surface area contributed by atoms with E-state index in [1.54, 1.807) is 0 Å². The molecule has 1 saturated carbocycles. The first-order chi connectivity index (χ1) is 23.2. The number of nitrogen functional groups attached to an aromatic ring is 1. The van der Waals surface area contributed by atoms with Gasteiger partial charge in [-0.1, -0.05) is 12.6 Å². The van der Waals surface area contributed by atoms with Crippen molar-refractivity contribution in [3.63, 3.8) is 0 Å². The third-order valence-electron chi connectivity index (χ3n) is 10.1. The van der Waals surface area contributed by atoms with Crippen LogP contribution < -0.4 is 15.4 Å². The Kier molecular flexibility index (Phi) is 7.94. The van der Waals surface area contributed by atoms with E-state index in [2.05, 4.69) is 21.4 Å². The molecule has 9 nitrogen and oxygen atoms in total. The maximum absolute atomic E-state index is 15.5. The van der Waals surface area contributed by atoms with Crippen LogP contribution in [0.5, 0.6) is 6.01 Å². The summed E-state index contributed by atoms with van der Waals surface area (Å²) < 4.78 is 81.2. The molecule has 3 aliphatic rings. The number of carbonyl (C=O) groups is 1. The summed E-state index contributed by atoms with van der Waals surface area (Å²) in [6, 6.07) is 5.25. The fraction of sp³-hybridized carbons (Fsp3) is 0.412. The summed E-state index contributed by atoms with van der Waals surface area (Å²) in [5, 5.41) is 9.73. The summed E-state index contributed by atoms with van der Waals surface area (Å²) in [5.74, 6) is -1.21. The number of nitrogens with zero attached hydrogens (tertiary/aromatic N) is 6. The molecule has 2 aromatic carbocycles. The zero-order chi connectivity index (χ0) is 35.0. The van der Waals surface area contributed by atoms with Crippen LogP contribution in [-0.4, -0.2) is 84.3 Å². The number of alkyl halides is 4. The van der Waals surface area contributed by atoms with Gasteiger partial charge in [0.1, 0.15) is 35.5 Å². The van der Waals surface area contributed by atoms with Crippen LogP contribution in [0.2, 0.25) is 0 Å². The van der Waals surface area contributed by atoms with Gasteiger partial charge in [-0.3, -0.25) is 9.69 Å². The number of nitriles is 1. The predicted octanol–water partition coefficient (Wildman–Crippen LogP) is 6.16. The molecule has 0 unspecified atom stereocenters. The van der Waals surface area contributed by atoms with Crippen molar-refractivity contribution in [1.82, 2.24) is 19.8 Å². The quantitative estimate of drug-likeness (QED) is 0.181. The van der Waals surface area contributed by atoms with Crippen LogP contribution in [0.4, 0.5) is 32.8 Å². The first-order valence-corrected chi connectivity index (χ1v) is 16.5. The largest absolute Gasteiger partial charge is 0.462 e. The van der Waals surface area contributed by atoms with Crippen molar-refractivity contribution in [2.45, 2.75) is 43.7 Å². The molecule has 1 spiro atoms. The fourth-order valence-corrected chi connectivity index (χ4v) is 8.26. The van der Waals surface area contributed by atoms with Crippen LogP contribution in [0.1, 0.15) is 30.4 Å². The topological polar surface area (TPSA) is 112 Å². The number of nitrogens with two attached hydrogens (primary N) is 1. The molecule has 7 rings (SSSR count). The third-order valence-corrected chi connectivity index (χ3v) is 11.1. The summed E-state index contributed by atoms with van der Waals surface area (Å²) in [6.07, 6.45) is -2.14. The van der Waals surface area contributed by atoms with Crippen molar-refractivity contribution < 1.29 is 31.5 Å². The van der Waals surface area contributed by atoms with Crippen molar-refractivity contribution in [3.8, 4) is 23.2 Å². The molecule has 2 aromatic heterocycles. The first kappa shape index (κ1) is 33.0. The van der Waals surface area contributed by atoms with Crippen LogP contribution in [0, 0.1) is 22.6 Å². The number of likely N-dealkylation sites (tertiary alicyclic amines) is 2. The average molecular weight is 698 g/mol. The molecular weight excluding hydrogens is 665 g/mol. The number of carbonyl (C=O) groups excluding carboxylic acids is 1. The molecule has 256 valence electrons. The summed E-state index contributed by atoms with van der Waals surface area (Å²) >= 11 is 0.779. The van der Waals surface area contributed by atoms with Crippen molar-refractivity contribution in [2.75, 3.05) is 51.0 Å². The molecule has 2 saturated heterocycles. The Labute approximate surface area is 282 Å². The van der Waals surface area contributed by atoms with Crippen LogP contribution in [0.25, 0.3) is 32.1 Å². The van der Waals surface area contributed by atoms with E-state index in [4.69, 9.17) is 10.5 Å². The molecule has 15 heteroatoms. The van der Waals surface area contributed by atoms with E-state index in [0.29, 0.717) is 5.41 Å². The number of benzene rings is 2. The zero-order valence-corrected chi connectivity index (χ0v) is 27.5. The number of halogens is 5. The Hall–Kier alpha value is -4.55. The van der Waals surface area contributed by atoms with Gasteiger partial charge in [0.25, 0.3) is 0 Å². The Morgan fingerprint density at radius 3 is 2.67 bits per heavy atom. The van der Waals surface area contributed by atoms with E-state index in [-0.39, 0.29) is 80.2 Å². The standard InChI is InChI=1S/C34H32F5N7O2S/c1-4-27(47)46-13-24(36)26(14-46)45(3)31-20-9-22(34(37,38)39)19(18-5-6-23(35)29-28(18)21(12-40)30(41)49-29)10-25(20)42-32(43-31)48-15-17-11-33(7-8-33)16-44(17)2/h4-6,9-10,17,24,26H,1,7-8,11,13-16,41H2,2-3H3/t17-,24+,26-/m0/s1. The lowest BCUT2D eigenvalue weighted by molar-refractivity contribution is -0.137. The molecule has 4 aromatic rings. The van der Waals surface area contributed by atoms with Gasteiger partial charge in [0.15, 0.2) is 0 Å². The second kappa shape index (κ2) is 11.8. The molecule has 3 atom stereocenters. The highest BCUT2D eigenvalue weighted by Gasteiger charge is 2.51. The number of amides is 1. The summed E-state index contributed by atoms with van der Waals surface area (Å²) in [5.41, 5.74) is 4.72. The van der Waals surface area contributed by atoms with E-state index in [0.717, 1.165) is 55.4 Å². The number of rotatable bonds is 7. The lowest BCUT2D eigenvalue weighted by Gasteiger charge is -2.28. The second-order valence-electron chi connectivity index (χ2n) is 13.2. The molecule has 49 heavy (non-hydrogen) atoms. The first-order valence-electron chi connectivity index (χ1n) is 15.7. The van der Waals surface area contributed by atoms with Gasteiger partial charge in [-0.05, 0) is 67.1 Å². The predicted molar refractivity (Wildman–Crippen MR) is 177 cm³/mol. The number of likely N-dealkylation sites (N-methyl/N-ethyl adjacent to an activating group) is 2. The summed E-state index contributed by atoms with van der Waals surface area (Å²) in [7, 11) is 3.52. The molecule has 2 aliphatic heterocycles. The monoisotopic (exact) mass is 697 g/mol. The highest BCUT2D eigenvalue weighted by molar-refractivity contribution is 7.23. The van der Waals surface area contributed by atoms with Gasteiger partial charge in [-0.25, -0.2) is 8.78 Å². The number of hydrogen-bond donors (Lipinski definition) is 1. The van der Waals surface area contributed by atoms with Gasteiger partial charge < -0.3 is 20.3 Å². The average Bonchev–Trinajstić information content (AvgIpc) is 3.38. The Morgan fingerprint density at radius 2 is 2.02 bits per heavy atom. The van der Waals surface area contributed by atoms with E-state index in [1.165, 1.54) is 29.0 Å². The Balaban J connectivity index is 1.39. The minimum Gasteiger partial charge on any atom is -0.462 e. The number of thiophene rings is 1. The van der Waals surface area contributed by atoms with Crippen molar-refractivity contribution in [2.24, 2.45) is 5.41 Å². The SMILES string of the molecule is C=CC(=O)N1C[C@@H](F)[C@@H](N(C)c2nc(OC[C@@H]3CC4(CC4)CN3C)nc3cc(-c4ccc(F)c5sc(N)c(C#N)c45)c(C(F)(F)F)cc23)C1. The molecule has 4 heterocycles. The Bertz CT molecular complexity index is 2060. The minimum absolute atomic E-state index is 0.0159. The third kappa shape index (κ3) is 5.70. The zero-order valence-electron chi connectivity index (χ0n) is 26.7. The molecule has 3 fully saturated rings. The number of hydrogen-bond acceptors (Lipinski definition) is 9. The van der Waals surface area contributed by atoms with E-state index in [9.17, 15) is 27.6 Å².